The minimum Gasteiger partial charge on any atom is -0.444 e. The van der Waals surface area contributed by atoms with Crippen LogP contribution in [0.4, 0.5) is 4.79 Å². The fraction of sp³-hybridized carbons (Fsp3) is 0.933. The standard InChI is InChI=1S/C15H28N2O2/c1-11(12-7-8-12)16-10-13-6-5-9-17(13)14(18)19-15(2,3)4/h11-13,16H,5-10H2,1-4H3. The molecule has 2 atom stereocenters. The molecule has 1 saturated carbocycles. The van der Waals surface area contributed by atoms with E-state index in [1.54, 1.807) is 0 Å². The Balaban J connectivity index is 1.80. The molecule has 1 N–H and O–H groups in total. The molecule has 4 heteroatoms. The van der Waals surface area contributed by atoms with Crippen molar-refractivity contribution in [3.8, 4) is 0 Å². The second kappa shape index (κ2) is 5.70. The summed E-state index contributed by atoms with van der Waals surface area (Å²) in [6, 6.07) is 0.886. The molecule has 1 saturated heterocycles. The van der Waals surface area contributed by atoms with Crippen LogP contribution in [0.25, 0.3) is 0 Å². The van der Waals surface area contributed by atoms with Crippen LogP contribution >= 0.6 is 0 Å². The van der Waals surface area contributed by atoms with Crippen molar-refractivity contribution in [2.45, 2.75) is 71.1 Å². The average molecular weight is 268 g/mol. The summed E-state index contributed by atoms with van der Waals surface area (Å²) >= 11 is 0. The summed E-state index contributed by atoms with van der Waals surface area (Å²) in [5.74, 6) is 0.858. The topological polar surface area (TPSA) is 41.6 Å². The quantitative estimate of drug-likeness (QED) is 0.852. The Morgan fingerprint density at radius 3 is 2.63 bits per heavy atom. The largest absolute Gasteiger partial charge is 0.444 e. The highest BCUT2D eigenvalue weighted by atomic mass is 16.6. The lowest BCUT2D eigenvalue weighted by Gasteiger charge is -2.29. The van der Waals surface area contributed by atoms with Crippen LogP contribution in [0.15, 0.2) is 0 Å². The zero-order valence-electron chi connectivity index (χ0n) is 12.7. The first-order valence-corrected chi connectivity index (χ1v) is 7.60. The number of rotatable bonds is 4. The molecule has 0 aromatic rings. The average Bonchev–Trinajstić information content (AvgIpc) is 3.02. The summed E-state index contributed by atoms with van der Waals surface area (Å²) in [6.07, 6.45) is 4.73. The maximum Gasteiger partial charge on any atom is 0.410 e. The summed E-state index contributed by atoms with van der Waals surface area (Å²) in [7, 11) is 0. The van der Waals surface area contributed by atoms with E-state index in [4.69, 9.17) is 4.74 Å². The van der Waals surface area contributed by atoms with Gasteiger partial charge in [-0.2, -0.15) is 0 Å². The van der Waals surface area contributed by atoms with Gasteiger partial charge in [0.2, 0.25) is 0 Å². The van der Waals surface area contributed by atoms with Gasteiger partial charge in [0.25, 0.3) is 0 Å². The van der Waals surface area contributed by atoms with Crippen molar-refractivity contribution < 1.29 is 9.53 Å². The molecule has 110 valence electrons. The molecule has 1 aliphatic carbocycles. The molecule has 0 spiro atoms. The van der Waals surface area contributed by atoms with Gasteiger partial charge in [-0.15, -0.1) is 0 Å². The van der Waals surface area contributed by atoms with Gasteiger partial charge in [-0.05, 0) is 59.3 Å². The van der Waals surface area contributed by atoms with E-state index in [-0.39, 0.29) is 6.09 Å². The zero-order valence-corrected chi connectivity index (χ0v) is 12.7. The summed E-state index contributed by atoms with van der Waals surface area (Å²) < 4.78 is 5.48. The van der Waals surface area contributed by atoms with Gasteiger partial charge in [-0.25, -0.2) is 4.79 Å². The van der Waals surface area contributed by atoms with Gasteiger partial charge < -0.3 is 15.0 Å². The van der Waals surface area contributed by atoms with Crippen LogP contribution in [0.3, 0.4) is 0 Å². The van der Waals surface area contributed by atoms with E-state index < -0.39 is 5.60 Å². The molecule has 19 heavy (non-hydrogen) atoms. The molecule has 2 aliphatic rings. The first-order chi connectivity index (χ1) is 8.87. The third-order valence-electron chi connectivity index (χ3n) is 4.01. The van der Waals surface area contributed by atoms with Crippen molar-refractivity contribution >= 4 is 6.09 Å². The molecule has 1 amide bonds. The molecule has 0 aromatic heterocycles. The van der Waals surface area contributed by atoms with E-state index in [1.807, 2.05) is 25.7 Å². The Hall–Kier alpha value is -0.770. The van der Waals surface area contributed by atoms with Gasteiger partial charge in [0, 0.05) is 25.2 Å². The number of ether oxygens (including phenoxy) is 1. The zero-order chi connectivity index (χ0) is 14.0. The third kappa shape index (κ3) is 4.37. The molecular formula is C15H28N2O2. The van der Waals surface area contributed by atoms with Gasteiger partial charge in [-0.1, -0.05) is 0 Å². The number of likely N-dealkylation sites (tertiary alicyclic amines) is 1. The predicted octanol–water partition coefficient (Wildman–Crippen LogP) is 2.77. The van der Waals surface area contributed by atoms with E-state index in [0.717, 1.165) is 31.8 Å². The van der Waals surface area contributed by atoms with Crippen LogP contribution in [-0.2, 0) is 4.74 Å². The number of nitrogens with one attached hydrogen (secondary N) is 1. The summed E-state index contributed by atoms with van der Waals surface area (Å²) in [5.41, 5.74) is -0.404. The highest BCUT2D eigenvalue weighted by molar-refractivity contribution is 5.69. The Morgan fingerprint density at radius 2 is 2.05 bits per heavy atom. The minimum absolute atomic E-state index is 0.157. The number of nitrogens with zero attached hydrogens (tertiary/aromatic N) is 1. The van der Waals surface area contributed by atoms with E-state index in [2.05, 4.69) is 12.2 Å². The maximum atomic E-state index is 12.1. The molecule has 2 rings (SSSR count). The lowest BCUT2D eigenvalue weighted by Crippen LogP contribution is -2.45. The Kier molecular flexibility index (Phi) is 4.39. The number of hydrogen-bond donors (Lipinski definition) is 1. The highest BCUT2D eigenvalue weighted by Gasteiger charge is 2.33. The normalized spacial score (nSPS) is 25.5. The first kappa shape index (κ1) is 14.6. The fourth-order valence-electron chi connectivity index (χ4n) is 2.69. The second-order valence-electron chi connectivity index (χ2n) is 7.00. The molecule has 0 radical (unpaired) electrons. The highest BCUT2D eigenvalue weighted by Crippen LogP contribution is 2.32. The van der Waals surface area contributed by atoms with Crippen molar-refractivity contribution in [1.82, 2.24) is 10.2 Å². The van der Waals surface area contributed by atoms with Gasteiger partial charge in [0.05, 0.1) is 0 Å². The minimum atomic E-state index is -0.404. The van der Waals surface area contributed by atoms with Gasteiger partial charge in [-0.3, -0.25) is 0 Å². The van der Waals surface area contributed by atoms with Crippen LogP contribution in [0.2, 0.25) is 0 Å². The molecule has 2 unspecified atom stereocenters. The molecule has 1 heterocycles. The molecule has 0 aromatic carbocycles. The van der Waals surface area contributed by atoms with E-state index >= 15 is 0 Å². The van der Waals surface area contributed by atoms with Crippen molar-refractivity contribution in [1.29, 1.82) is 0 Å². The van der Waals surface area contributed by atoms with Crippen LogP contribution in [-0.4, -0.2) is 41.8 Å². The lowest BCUT2D eigenvalue weighted by atomic mass is 10.1. The molecule has 0 bridgehead atoms. The van der Waals surface area contributed by atoms with Crippen LogP contribution in [0, 0.1) is 5.92 Å². The smallest absolute Gasteiger partial charge is 0.410 e. The van der Waals surface area contributed by atoms with Crippen molar-refractivity contribution in [3.05, 3.63) is 0 Å². The Bertz CT molecular complexity index is 321. The van der Waals surface area contributed by atoms with E-state index in [9.17, 15) is 4.79 Å². The first-order valence-electron chi connectivity index (χ1n) is 7.60. The number of carbonyl (C=O) groups is 1. The predicted molar refractivity (Wildman–Crippen MR) is 76.2 cm³/mol. The summed E-state index contributed by atoms with van der Waals surface area (Å²) in [4.78, 5) is 14.0. The molecule has 2 fully saturated rings. The molecule has 1 aliphatic heterocycles. The Labute approximate surface area is 116 Å². The van der Waals surface area contributed by atoms with Crippen molar-refractivity contribution in [3.63, 3.8) is 0 Å². The Morgan fingerprint density at radius 1 is 1.37 bits per heavy atom. The van der Waals surface area contributed by atoms with Crippen LogP contribution in [0.5, 0.6) is 0 Å². The summed E-state index contributed by atoms with van der Waals surface area (Å²) in [5, 5.41) is 3.58. The van der Waals surface area contributed by atoms with Crippen molar-refractivity contribution in [2.75, 3.05) is 13.1 Å². The number of amides is 1. The monoisotopic (exact) mass is 268 g/mol. The number of carbonyl (C=O) groups excluding carboxylic acids is 1. The van der Waals surface area contributed by atoms with Gasteiger partial charge >= 0.3 is 6.09 Å². The van der Waals surface area contributed by atoms with Crippen molar-refractivity contribution in [2.24, 2.45) is 5.92 Å². The SMILES string of the molecule is CC(NCC1CCCN1C(=O)OC(C)(C)C)C1CC1. The van der Waals surface area contributed by atoms with E-state index in [0.29, 0.717) is 12.1 Å². The second-order valence-corrected chi connectivity index (χ2v) is 7.00. The van der Waals surface area contributed by atoms with Crippen LogP contribution in [0.1, 0.15) is 53.4 Å². The number of hydrogen-bond acceptors (Lipinski definition) is 3. The summed E-state index contributed by atoms with van der Waals surface area (Å²) in [6.45, 7) is 9.75. The van der Waals surface area contributed by atoms with E-state index in [1.165, 1.54) is 12.8 Å². The lowest BCUT2D eigenvalue weighted by molar-refractivity contribution is 0.0224. The van der Waals surface area contributed by atoms with Gasteiger partial charge in [0.15, 0.2) is 0 Å². The third-order valence-corrected chi connectivity index (χ3v) is 4.01. The van der Waals surface area contributed by atoms with Crippen LogP contribution < -0.4 is 5.32 Å². The maximum absolute atomic E-state index is 12.1. The van der Waals surface area contributed by atoms with Gasteiger partial charge in [0.1, 0.15) is 5.60 Å². The fourth-order valence-corrected chi connectivity index (χ4v) is 2.69. The molecule has 4 nitrogen and oxygen atoms in total. The molecular weight excluding hydrogens is 240 g/mol.